The third-order valence-electron chi connectivity index (χ3n) is 4.02. The van der Waals surface area contributed by atoms with Gasteiger partial charge in [-0.2, -0.15) is 0 Å². The highest BCUT2D eigenvalue weighted by Crippen LogP contribution is 2.29. The van der Waals surface area contributed by atoms with Crippen LogP contribution in [0.2, 0.25) is 0 Å². The van der Waals surface area contributed by atoms with E-state index < -0.39 is 5.97 Å². The van der Waals surface area contributed by atoms with E-state index in [2.05, 4.69) is 0 Å². The Bertz CT molecular complexity index is 579. The number of carbonyl (C=O) groups is 1. The molecule has 0 radical (unpaired) electrons. The number of allylic oxidation sites excluding steroid dienone is 2. The van der Waals surface area contributed by atoms with Crippen molar-refractivity contribution < 1.29 is 24.9 Å². The molecule has 0 aliphatic carbocycles. The molecule has 1 aromatic rings. The second-order valence-corrected chi connectivity index (χ2v) is 6.05. The molecule has 5 nitrogen and oxygen atoms in total. The second kappa shape index (κ2) is 8.02. The highest BCUT2D eigenvalue weighted by atomic mass is 16.5. The molecular formula is C18H24O5. The zero-order chi connectivity index (χ0) is 16.8. The van der Waals surface area contributed by atoms with Gasteiger partial charge in [-0.05, 0) is 57.1 Å². The van der Waals surface area contributed by atoms with Crippen LogP contribution >= 0.6 is 0 Å². The van der Waals surface area contributed by atoms with Gasteiger partial charge < -0.3 is 20.1 Å². The van der Waals surface area contributed by atoms with Gasteiger partial charge >= 0.3 is 5.97 Å². The van der Waals surface area contributed by atoms with Gasteiger partial charge in [0.15, 0.2) is 0 Å². The average molecular weight is 320 g/mol. The zero-order valence-electron chi connectivity index (χ0n) is 13.4. The fraction of sp³-hybridized carbons (Fsp3) is 0.500. The van der Waals surface area contributed by atoms with Crippen molar-refractivity contribution in [2.75, 3.05) is 0 Å². The van der Waals surface area contributed by atoms with E-state index in [0.717, 1.165) is 18.9 Å². The minimum atomic E-state index is -0.587. The molecule has 0 spiro atoms. The molecule has 0 saturated heterocycles. The Kier molecular flexibility index (Phi) is 6.04. The molecule has 1 heterocycles. The molecule has 1 aromatic carbocycles. The Balaban J connectivity index is 2.29. The Morgan fingerprint density at radius 2 is 1.91 bits per heavy atom. The number of fused-ring (bicyclic) bond motifs is 1. The number of rotatable bonds is 0. The van der Waals surface area contributed by atoms with Crippen molar-refractivity contribution in [3.63, 3.8) is 0 Å². The molecule has 0 saturated carbocycles. The summed E-state index contributed by atoms with van der Waals surface area (Å²) < 4.78 is 5.39. The van der Waals surface area contributed by atoms with Crippen molar-refractivity contribution >= 4 is 5.97 Å². The normalized spacial score (nSPS) is 25.0. The largest absolute Gasteiger partial charge is 0.508 e. The van der Waals surface area contributed by atoms with E-state index in [1.54, 1.807) is 6.92 Å². The van der Waals surface area contributed by atoms with E-state index in [1.807, 2.05) is 12.2 Å². The molecule has 3 N–H and O–H groups in total. The number of hydrogen-bond acceptors (Lipinski definition) is 5. The van der Waals surface area contributed by atoms with E-state index in [0.29, 0.717) is 31.2 Å². The van der Waals surface area contributed by atoms with Crippen molar-refractivity contribution in [2.24, 2.45) is 0 Å². The molecule has 0 aromatic heterocycles. The van der Waals surface area contributed by atoms with Gasteiger partial charge in [0.2, 0.25) is 0 Å². The van der Waals surface area contributed by atoms with E-state index in [-0.39, 0.29) is 29.3 Å². The summed E-state index contributed by atoms with van der Waals surface area (Å²) in [6.45, 7) is 1.80. The van der Waals surface area contributed by atoms with Gasteiger partial charge in [0.1, 0.15) is 17.1 Å². The number of aliphatic hydroxyl groups is 1. The highest BCUT2D eigenvalue weighted by molar-refractivity contribution is 5.94. The van der Waals surface area contributed by atoms with E-state index in [1.165, 1.54) is 6.07 Å². The summed E-state index contributed by atoms with van der Waals surface area (Å²) in [5, 5.41) is 29.5. The molecule has 2 rings (SSSR count). The first-order chi connectivity index (χ1) is 11.0. The van der Waals surface area contributed by atoms with Gasteiger partial charge in [0.25, 0.3) is 0 Å². The monoisotopic (exact) mass is 320 g/mol. The minimum absolute atomic E-state index is 0.0907. The number of phenolic OH excluding ortho intramolecular Hbond substituents is 2. The lowest BCUT2D eigenvalue weighted by Gasteiger charge is -2.17. The quantitative estimate of drug-likeness (QED) is 0.505. The number of benzene rings is 1. The molecular weight excluding hydrogens is 296 g/mol. The van der Waals surface area contributed by atoms with E-state index in [4.69, 9.17) is 4.74 Å². The molecule has 0 bridgehead atoms. The molecule has 23 heavy (non-hydrogen) atoms. The topological polar surface area (TPSA) is 87.0 Å². The lowest BCUT2D eigenvalue weighted by Crippen LogP contribution is -2.17. The third kappa shape index (κ3) is 4.99. The molecule has 126 valence electrons. The predicted molar refractivity (Wildman–Crippen MR) is 86.6 cm³/mol. The summed E-state index contributed by atoms with van der Waals surface area (Å²) >= 11 is 0. The van der Waals surface area contributed by atoms with Crippen molar-refractivity contribution in [3.8, 4) is 11.5 Å². The smallest absolute Gasteiger partial charge is 0.342 e. The number of carbonyl (C=O) groups excluding carboxylic acids is 1. The van der Waals surface area contributed by atoms with Crippen molar-refractivity contribution in [3.05, 3.63) is 35.4 Å². The van der Waals surface area contributed by atoms with Gasteiger partial charge in [-0.3, -0.25) is 0 Å². The van der Waals surface area contributed by atoms with Crippen LogP contribution in [0.15, 0.2) is 24.3 Å². The van der Waals surface area contributed by atoms with Gasteiger partial charge in [-0.15, -0.1) is 0 Å². The number of aliphatic hydroxyl groups excluding tert-OH is 1. The number of hydrogen-bond donors (Lipinski definition) is 3. The second-order valence-electron chi connectivity index (χ2n) is 6.05. The lowest BCUT2D eigenvalue weighted by molar-refractivity contribution is 0.0307. The summed E-state index contributed by atoms with van der Waals surface area (Å²) in [6, 6.07) is 2.61. The number of aromatic hydroxyl groups is 2. The fourth-order valence-electron chi connectivity index (χ4n) is 2.77. The number of esters is 1. The number of cyclic esters (lactones) is 1. The summed E-state index contributed by atoms with van der Waals surface area (Å²) in [4.78, 5) is 12.3. The Hall–Kier alpha value is -2.01. The van der Waals surface area contributed by atoms with Crippen molar-refractivity contribution in [2.45, 2.75) is 57.7 Å². The first kappa shape index (κ1) is 17.3. The van der Waals surface area contributed by atoms with Crippen molar-refractivity contribution in [1.29, 1.82) is 0 Å². The average Bonchev–Trinajstić information content (AvgIpc) is 2.45. The molecule has 1 aliphatic rings. The van der Waals surface area contributed by atoms with Crippen LogP contribution < -0.4 is 0 Å². The Morgan fingerprint density at radius 3 is 2.70 bits per heavy atom. The summed E-state index contributed by atoms with van der Waals surface area (Å²) in [5.41, 5.74) is 0.630. The van der Waals surface area contributed by atoms with Crippen LogP contribution in [-0.2, 0) is 11.2 Å². The SMILES string of the molecule is C[C@H]1CCC[C@@H](O)CC/C=C\Cc2cc(O)cc(O)c2C(=O)O1. The number of ether oxygens (including phenoxy) is 1. The third-order valence-corrected chi connectivity index (χ3v) is 4.02. The van der Waals surface area contributed by atoms with Crippen LogP contribution in [0, 0.1) is 0 Å². The maximum absolute atomic E-state index is 12.3. The van der Waals surface area contributed by atoms with Gasteiger partial charge in [-0.25, -0.2) is 4.79 Å². The van der Waals surface area contributed by atoms with Crippen LogP contribution in [0.3, 0.4) is 0 Å². The summed E-state index contributed by atoms with van der Waals surface area (Å²) in [5.74, 6) is -0.948. The zero-order valence-corrected chi connectivity index (χ0v) is 13.4. The van der Waals surface area contributed by atoms with Crippen LogP contribution in [0.25, 0.3) is 0 Å². The minimum Gasteiger partial charge on any atom is -0.508 e. The fourth-order valence-corrected chi connectivity index (χ4v) is 2.77. The first-order valence-corrected chi connectivity index (χ1v) is 8.06. The predicted octanol–water partition coefficient (Wildman–Crippen LogP) is 3.07. The lowest BCUT2D eigenvalue weighted by atomic mass is 10.0. The maximum Gasteiger partial charge on any atom is 0.342 e. The van der Waals surface area contributed by atoms with Crippen LogP contribution in [0.5, 0.6) is 11.5 Å². The van der Waals surface area contributed by atoms with Crippen LogP contribution in [-0.4, -0.2) is 33.5 Å². The van der Waals surface area contributed by atoms with Crippen LogP contribution in [0.4, 0.5) is 0 Å². The summed E-state index contributed by atoms with van der Waals surface area (Å²) in [7, 11) is 0. The molecule has 5 heteroatoms. The Labute approximate surface area is 136 Å². The number of phenols is 2. The molecule has 1 aliphatic heterocycles. The molecule has 0 fully saturated rings. The van der Waals surface area contributed by atoms with E-state index >= 15 is 0 Å². The van der Waals surface area contributed by atoms with Gasteiger partial charge in [0.05, 0.1) is 12.2 Å². The van der Waals surface area contributed by atoms with E-state index in [9.17, 15) is 20.1 Å². The first-order valence-electron chi connectivity index (χ1n) is 8.06. The standard InChI is InChI=1S/C18H24O5/c1-12-6-5-9-14(19)8-4-2-3-7-13-10-15(20)11-16(21)17(13)18(22)23-12/h2-3,10-12,14,19-21H,4-9H2,1H3/b3-2-/t12-,14-/m0/s1. The van der Waals surface area contributed by atoms with Crippen LogP contribution in [0.1, 0.15) is 54.9 Å². The van der Waals surface area contributed by atoms with Gasteiger partial charge in [0, 0.05) is 6.07 Å². The highest BCUT2D eigenvalue weighted by Gasteiger charge is 2.21. The molecule has 2 atom stereocenters. The van der Waals surface area contributed by atoms with Crippen molar-refractivity contribution in [1.82, 2.24) is 0 Å². The summed E-state index contributed by atoms with van der Waals surface area (Å²) in [6.07, 6.45) is 7.13. The van der Waals surface area contributed by atoms with Gasteiger partial charge in [-0.1, -0.05) is 12.2 Å². The maximum atomic E-state index is 12.3. The Morgan fingerprint density at radius 1 is 1.13 bits per heavy atom. The molecule has 0 amide bonds. The molecule has 0 unspecified atom stereocenters.